The van der Waals surface area contributed by atoms with Gasteiger partial charge in [0.2, 0.25) is 0 Å². The van der Waals surface area contributed by atoms with Crippen molar-refractivity contribution >= 4 is 23.8 Å². The maximum atomic E-state index is 11.6. The molecule has 0 unspecified atom stereocenters. The number of thioether (sulfide) groups is 1. The highest BCUT2D eigenvalue weighted by Crippen LogP contribution is 2.16. The van der Waals surface area contributed by atoms with E-state index in [0.29, 0.717) is 25.0 Å². The lowest BCUT2D eigenvalue weighted by atomic mass is 10.2. The molecule has 1 heterocycles. The number of rotatable bonds is 10. The first-order valence-corrected chi connectivity index (χ1v) is 11.3. The molecule has 9 nitrogen and oxygen atoms in total. The van der Waals surface area contributed by atoms with Crippen LogP contribution in [0.2, 0.25) is 0 Å². The minimum Gasteiger partial charge on any atom is -0.444 e. The van der Waals surface area contributed by atoms with E-state index in [-0.39, 0.29) is 0 Å². The summed E-state index contributed by atoms with van der Waals surface area (Å²) in [4.78, 5) is 15.8. The number of aliphatic imine (C=N–C) groups is 1. The number of aryl methyl sites for hydroxylation is 1. The molecule has 10 heteroatoms. The van der Waals surface area contributed by atoms with Crippen molar-refractivity contribution in [3.63, 3.8) is 0 Å². The van der Waals surface area contributed by atoms with E-state index >= 15 is 0 Å². The molecule has 0 aliphatic carbocycles. The molecule has 0 aliphatic rings. The highest BCUT2D eigenvalue weighted by atomic mass is 32.2. The highest BCUT2D eigenvalue weighted by Gasteiger charge is 2.15. The molecule has 29 heavy (non-hydrogen) atoms. The molecule has 3 N–H and O–H groups in total. The number of alkyl carbamates (subject to hydrolysis) is 1. The second-order valence-electron chi connectivity index (χ2n) is 8.07. The molecule has 0 radical (unpaired) electrons. The van der Waals surface area contributed by atoms with Gasteiger partial charge in [0, 0.05) is 39.6 Å². The van der Waals surface area contributed by atoms with Crippen LogP contribution >= 0.6 is 11.8 Å². The van der Waals surface area contributed by atoms with Crippen molar-refractivity contribution in [2.75, 3.05) is 32.9 Å². The van der Waals surface area contributed by atoms with Crippen LogP contribution in [0.4, 0.5) is 4.79 Å². The molecule has 0 bridgehead atoms. The number of guanidine groups is 1. The summed E-state index contributed by atoms with van der Waals surface area (Å²) in [7, 11) is 1.72. The van der Waals surface area contributed by atoms with Crippen molar-refractivity contribution in [3.05, 3.63) is 5.82 Å². The molecular weight excluding hydrogens is 390 g/mol. The van der Waals surface area contributed by atoms with Gasteiger partial charge in [-0.05, 0) is 39.4 Å². The van der Waals surface area contributed by atoms with Gasteiger partial charge < -0.3 is 25.3 Å². The fourth-order valence-corrected chi connectivity index (χ4v) is 3.06. The van der Waals surface area contributed by atoms with Gasteiger partial charge in [0.1, 0.15) is 11.4 Å². The van der Waals surface area contributed by atoms with Crippen LogP contribution in [-0.4, -0.2) is 65.4 Å². The maximum absolute atomic E-state index is 11.6. The number of amides is 1. The molecule has 0 aliphatic heterocycles. The average molecular weight is 428 g/mol. The molecule has 1 rings (SSSR count). The second kappa shape index (κ2) is 12.6. The molecule has 0 atom stereocenters. The van der Waals surface area contributed by atoms with Crippen LogP contribution in [0, 0.1) is 5.92 Å². The number of carbonyl (C=O) groups excluding carboxylic acids is 1. The zero-order valence-corrected chi connectivity index (χ0v) is 19.7. The van der Waals surface area contributed by atoms with Crippen LogP contribution in [0.15, 0.2) is 10.1 Å². The third-order valence-electron chi connectivity index (χ3n) is 3.70. The minimum atomic E-state index is -0.495. The van der Waals surface area contributed by atoms with Crippen LogP contribution < -0.4 is 16.0 Å². The van der Waals surface area contributed by atoms with Crippen LogP contribution in [0.25, 0.3) is 0 Å². The van der Waals surface area contributed by atoms with Crippen LogP contribution in [0.5, 0.6) is 0 Å². The van der Waals surface area contributed by atoms with Gasteiger partial charge in [0.25, 0.3) is 0 Å². The highest BCUT2D eigenvalue weighted by molar-refractivity contribution is 7.98. The number of nitrogens with zero attached hydrogens (tertiary/aromatic N) is 4. The Labute approximate surface area is 178 Å². The van der Waals surface area contributed by atoms with Gasteiger partial charge >= 0.3 is 6.09 Å². The van der Waals surface area contributed by atoms with E-state index < -0.39 is 11.7 Å². The predicted octanol–water partition coefficient (Wildman–Crippen LogP) is 2.28. The number of hydrogen-bond acceptors (Lipinski definition) is 6. The summed E-state index contributed by atoms with van der Waals surface area (Å²) >= 11 is 1.63. The fraction of sp³-hybridized carbons (Fsp3) is 0.789. The lowest BCUT2D eigenvalue weighted by molar-refractivity contribution is 0.0529. The van der Waals surface area contributed by atoms with E-state index in [9.17, 15) is 4.79 Å². The van der Waals surface area contributed by atoms with Crippen LogP contribution in [-0.2, 0) is 17.7 Å². The summed E-state index contributed by atoms with van der Waals surface area (Å²) in [5, 5.41) is 18.8. The van der Waals surface area contributed by atoms with Gasteiger partial charge in [-0.15, -0.1) is 10.2 Å². The van der Waals surface area contributed by atoms with E-state index in [2.05, 4.69) is 49.6 Å². The molecule has 166 valence electrons. The number of nitrogens with one attached hydrogen (secondary N) is 3. The summed E-state index contributed by atoms with van der Waals surface area (Å²) in [6.07, 6.45) is 3.38. The Morgan fingerprint density at radius 1 is 1.17 bits per heavy atom. The molecule has 1 amide bonds. The van der Waals surface area contributed by atoms with E-state index in [4.69, 9.17) is 4.74 Å². The molecule has 0 fully saturated rings. The van der Waals surface area contributed by atoms with Gasteiger partial charge in [-0.1, -0.05) is 25.6 Å². The van der Waals surface area contributed by atoms with Crippen LogP contribution in [0.3, 0.4) is 0 Å². The van der Waals surface area contributed by atoms with Gasteiger partial charge in [-0.3, -0.25) is 4.99 Å². The Kier molecular flexibility index (Phi) is 10.9. The normalized spacial score (nSPS) is 12.2. The summed E-state index contributed by atoms with van der Waals surface area (Å²) in [6, 6.07) is 0. The van der Waals surface area contributed by atoms with E-state index in [0.717, 1.165) is 36.9 Å². The fourth-order valence-electron chi connectivity index (χ4n) is 2.54. The largest absolute Gasteiger partial charge is 0.444 e. The zero-order valence-electron chi connectivity index (χ0n) is 18.8. The van der Waals surface area contributed by atoms with Crippen molar-refractivity contribution < 1.29 is 9.53 Å². The number of ether oxygens (including phenoxy) is 1. The Bertz CT molecular complexity index is 653. The smallest absolute Gasteiger partial charge is 0.407 e. The lowest BCUT2D eigenvalue weighted by Gasteiger charge is -2.20. The Balaban J connectivity index is 2.31. The molecule has 1 aromatic heterocycles. The average Bonchev–Trinajstić information content (AvgIpc) is 2.99. The third kappa shape index (κ3) is 10.4. The first kappa shape index (κ1) is 25.1. The summed E-state index contributed by atoms with van der Waals surface area (Å²) in [5.74, 6) is 2.27. The molecular formula is C19H37N7O2S. The maximum Gasteiger partial charge on any atom is 0.407 e. The van der Waals surface area contributed by atoms with Crippen molar-refractivity contribution in [3.8, 4) is 0 Å². The Morgan fingerprint density at radius 3 is 2.41 bits per heavy atom. The molecule has 1 aromatic rings. The van der Waals surface area contributed by atoms with E-state index in [1.54, 1.807) is 18.8 Å². The second-order valence-corrected chi connectivity index (χ2v) is 8.84. The Hall–Kier alpha value is -1.97. The standard InChI is InChI=1S/C19H37N7O2S/c1-14(2)13-26-15(24-25-17(26)29-7)9-8-10-21-16(20-6)22-11-12-23-18(27)28-19(3,4)5/h14H,8-13H2,1-7H3,(H,23,27)(H2,20,21,22). The van der Waals surface area contributed by atoms with Gasteiger partial charge in [0.15, 0.2) is 11.1 Å². The summed E-state index contributed by atoms with van der Waals surface area (Å²) in [6.45, 7) is 12.6. The molecule has 0 aromatic carbocycles. The minimum absolute atomic E-state index is 0.419. The van der Waals surface area contributed by atoms with E-state index in [1.165, 1.54) is 0 Å². The van der Waals surface area contributed by atoms with E-state index in [1.807, 2.05) is 27.0 Å². The monoisotopic (exact) mass is 427 g/mol. The topological polar surface area (TPSA) is 105 Å². The first-order valence-electron chi connectivity index (χ1n) is 10.0. The molecule has 0 saturated carbocycles. The van der Waals surface area contributed by atoms with Gasteiger partial charge in [0.05, 0.1) is 0 Å². The summed E-state index contributed by atoms with van der Waals surface area (Å²) in [5.41, 5.74) is -0.495. The van der Waals surface area contributed by atoms with Crippen molar-refractivity contribution in [1.29, 1.82) is 0 Å². The summed E-state index contributed by atoms with van der Waals surface area (Å²) < 4.78 is 7.41. The number of carbonyl (C=O) groups is 1. The number of aromatic nitrogens is 3. The van der Waals surface area contributed by atoms with Crippen LogP contribution in [0.1, 0.15) is 46.9 Å². The van der Waals surface area contributed by atoms with Crippen molar-refractivity contribution in [2.24, 2.45) is 10.9 Å². The number of hydrogen-bond donors (Lipinski definition) is 3. The van der Waals surface area contributed by atoms with Gasteiger partial charge in [-0.25, -0.2) is 4.79 Å². The first-order chi connectivity index (χ1) is 13.7. The molecule has 0 spiro atoms. The SMILES string of the molecule is CN=C(NCCCc1nnc(SC)n1CC(C)C)NCCNC(=O)OC(C)(C)C. The molecule has 0 saturated heterocycles. The van der Waals surface area contributed by atoms with Crippen molar-refractivity contribution in [2.45, 2.75) is 64.8 Å². The van der Waals surface area contributed by atoms with Crippen molar-refractivity contribution in [1.82, 2.24) is 30.7 Å². The lowest BCUT2D eigenvalue weighted by Crippen LogP contribution is -2.42. The van der Waals surface area contributed by atoms with Gasteiger partial charge in [-0.2, -0.15) is 0 Å². The predicted molar refractivity (Wildman–Crippen MR) is 119 cm³/mol. The third-order valence-corrected chi connectivity index (χ3v) is 4.37. The zero-order chi connectivity index (χ0) is 21.9. The quantitative estimate of drug-likeness (QED) is 0.228. The Morgan fingerprint density at radius 2 is 1.83 bits per heavy atom.